The molecule has 0 radical (unpaired) electrons. The van der Waals surface area contributed by atoms with Crippen LogP contribution in [-0.4, -0.2) is 49.8 Å². The van der Waals surface area contributed by atoms with E-state index in [1.807, 2.05) is 30.3 Å². The van der Waals surface area contributed by atoms with Gasteiger partial charge in [0.1, 0.15) is 5.82 Å². The lowest BCUT2D eigenvalue weighted by Crippen LogP contribution is -2.35. The maximum Gasteiger partial charge on any atom is 0.347 e. The summed E-state index contributed by atoms with van der Waals surface area (Å²) in [5, 5.41) is 6.95. The third-order valence-corrected chi connectivity index (χ3v) is 4.85. The van der Waals surface area contributed by atoms with Crippen molar-refractivity contribution in [1.82, 2.24) is 29.6 Å². The Bertz CT molecular complexity index is 935. The van der Waals surface area contributed by atoms with E-state index in [1.165, 1.54) is 0 Å². The molecule has 0 bridgehead atoms. The SMILES string of the molecule is COc1ncc(CN2CCC[C@H](c3n[nH]c(=O)n3-c3ccccc3)C2)cn1. The molecule has 3 heterocycles. The first-order chi connectivity index (χ1) is 13.2. The summed E-state index contributed by atoms with van der Waals surface area (Å²) < 4.78 is 6.70. The number of H-pyrrole nitrogens is 1. The highest BCUT2D eigenvalue weighted by Crippen LogP contribution is 2.27. The van der Waals surface area contributed by atoms with Crippen molar-refractivity contribution >= 4 is 0 Å². The first-order valence-corrected chi connectivity index (χ1v) is 9.04. The average Bonchev–Trinajstić information content (AvgIpc) is 3.11. The summed E-state index contributed by atoms with van der Waals surface area (Å²) in [4.78, 5) is 23.0. The zero-order valence-electron chi connectivity index (χ0n) is 15.2. The van der Waals surface area contributed by atoms with Crippen LogP contribution in [-0.2, 0) is 6.54 Å². The number of hydrogen-bond acceptors (Lipinski definition) is 6. The lowest BCUT2D eigenvalue weighted by molar-refractivity contribution is 0.195. The second-order valence-corrected chi connectivity index (χ2v) is 6.71. The summed E-state index contributed by atoms with van der Waals surface area (Å²) in [6, 6.07) is 10.0. The van der Waals surface area contributed by atoms with Crippen molar-refractivity contribution in [3.8, 4) is 11.7 Å². The monoisotopic (exact) mass is 366 g/mol. The van der Waals surface area contributed by atoms with Crippen LogP contribution in [0.3, 0.4) is 0 Å². The molecule has 3 aromatic rings. The summed E-state index contributed by atoms with van der Waals surface area (Å²) >= 11 is 0. The summed E-state index contributed by atoms with van der Waals surface area (Å²) in [6.45, 7) is 2.60. The summed E-state index contributed by atoms with van der Waals surface area (Å²) in [6.07, 6.45) is 5.65. The number of piperidine rings is 1. The Morgan fingerprint density at radius 1 is 1.22 bits per heavy atom. The first-order valence-electron chi connectivity index (χ1n) is 9.04. The predicted octanol–water partition coefficient (Wildman–Crippen LogP) is 1.74. The van der Waals surface area contributed by atoms with Gasteiger partial charge in [-0.15, -0.1) is 0 Å². The van der Waals surface area contributed by atoms with E-state index in [0.29, 0.717) is 6.01 Å². The molecule has 0 saturated carbocycles. The number of rotatable bonds is 5. The predicted molar refractivity (Wildman–Crippen MR) is 100 cm³/mol. The van der Waals surface area contributed by atoms with Crippen LogP contribution >= 0.6 is 0 Å². The maximum atomic E-state index is 12.3. The highest BCUT2D eigenvalue weighted by molar-refractivity contribution is 5.32. The molecule has 0 unspecified atom stereocenters. The molecule has 1 aliphatic rings. The average molecular weight is 366 g/mol. The van der Waals surface area contributed by atoms with Gasteiger partial charge in [0.25, 0.3) is 0 Å². The molecule has 1 atom stereocenters. The van der Waals surface area contributed by atoms with Crippen molar-refractivity contribution < 1.29 is 4.74 Å². The van der Waals surface area contributed by atoms with Gasteiger partial charge < -0.3 is 4.74 Å². The Kier molecular flexibility index (Phi) is 4.97. The van der Waals surface area contributed by atoms with Crippen LogP contribution in [0.2, 0.25) is 0 Å². The second-order valence-electron chi connectivity index (χ2n) is 6.71. The van der Waals surface area contributed by atoms with E-state index < -0.39 is 0 Å². The van der Waals surface area contributed by atoms with Crippen LogP contribution in [0, 0.1) is 0 Å². The molecular weight excluding hydrogens is 344 g/mol. The van der Waals surface area contributed by atoms with Crippen LogP contribution in [0.5, 0.6) is 6.01 Å². The van der Waals surface area contributed by atoms with Gasteiger partial charge in [-0.1, -0.05) is 18.2 Å². The molecule has 1 saturated heterocycles. The van der Waals surface area contributed by atoms with E-state index in [4.69, 9.17) is 4.74 Å². The molecule has 27 heavy (non-hydrogen) atoms. The van der Waals surface area contributed by atoms with E-state index in [-0.39, 0.29) is 11.6 Å². The minimum absolute atomic E-state index is 0.192. The van der Waals surface area contributed by atoms with Crippen molar-refractivity contribution in [2.24, 2.45) is 0 Å². The number of nitrogens with zero attached hydrogens (tertiary/aromatic N) is 5. The van der Waals surface area contributed by atoms with Crippen LogP contribution < -0.4 is 10.4 Å². The number of nitrogens with one attached hydrogen (secondary N) is 1. The molecule has 4 rings (SSSR count). The molecule has 0 amide bonds. The van der Waals surface area contributed by atoms with E-state index >= 15 is 0 Å². The van der Waals surface area contributed by atoms with Gasteiger partial charge in [0.15, 0.2) is 0 Å². The highest BCUT2D eigenvalue weighted by atomic mass is 16.5. The van der Waals surface area contributed by atoms with Gasteiger partial charge in [0, 0.05) is 37.0 Å². The number of hydrogen-bond donors (Lipinski definition) is 1. The van der Waals surface area contributed by atoms with Crippen molar-refractivity contribution in [1.29, 1.82) is 0 Å². The van der Waals surface area contributed by atoms with Crippen molar-refractivity contribution in [3.63, 3.8) is 0 Å². The smallest absolute Gasteiger partial charge is 0.347 e. The highest BCUT2D eigenvalue weighted by Gasteiger charge is 2.26. The van der Waals surface area contributed by atoms with E-state index in [0.717, 1.165) is 49.6 Å². The number of likely N-dealkylation sites (tertiary alicyclic amines) is 1. The summed E-state index contributed by atoms with van der Waals surface area (Å²) in [7, 11) is 1.56. The molecule has 140 valence electrons. The molecule has 1 aliphatic heterocycles. The number of aromatic amines is 1. The Morgan fingerprint density at radius 2 is 2.00 bits per heavy atom. The fourth-order valence-corrected chi connectivity index (χ4v) is 3.61. The molecule has 8 heteroatoms. The zero-order chi connectivity index (χ0) is 18.6. The minimum atomic E-state index is -0.197. The molecule has 8 nitrogen and oxygen atoms in total. The summed E-state index contributed by atoms with van der Waals surface area (Å²) in [5.41, 5.74) is 1.68. The number of aromatic nitrogens is 5. The molecule has 1 N–H and O–H groups in total. The van der Waals surface area contributed by atoms with Gasteiger partial charge in [0.05, 0.1) is 12.8 Å². The van der Waals surface area contributed by atoms with Gasteiger partial charge >= 0.3 is 11.7 Å². The Hall–Kier alpha value is -3.00. The fraction of sp³-hybridized carbons (Fsp3) is 0.368. The van der Waals surface area contributed by atoms with E-state index in [9.17, 15) is 4.79 Å². The van der Waals surface area contributed by atoms with Crippen molar-refractivity contribution in [2.45, 2.75) is 25.3 Å². The summed E-state index contributed by atoms with van der Waals surface area (Å²) in [5.74, 6) is 0.985. The van der Waals surface area contributed by atoms with Gasteiger partial charge in [-0.05, 0) is 31.5 Å². The maximum absolute atomic E-state index is 12.3. The number of methoxy groups -OCH3 is 1. The zero-order valence-corrected chi connectivity index (χ0v) is 15.2. The molecule has 2 aromatic heterocycles. The largest absolute Gasteiger partial charge is 0.467 e. The van der Waals surface area contributed by atoms with Crippen LogP contribution in [0.1, 0.15) is 30.1 Å². The normalized spacial score (nSPS) is 17.7. The molecule has 1 aromatic carbocycles. The van der Waals surface area contributed by atoms with Gasteiger partial charge in [-0.2, -0.15) is 5.10 Å². The standard InChI is InChI=1S/C19H22N6O2/c1-27-18-20-10-14(11-21-18)12-24-9-5-6-15(13-24)17-22-23-19(26)25(17)16-7-3-2-4-8-16/h2-4,7-8,10-11,15H,5-6,9,12-13H2,1H3,(H,23,26)/t15-/m0/s1. The molecule has 0 spiro atoms. The Balaban J connectivity index is 1.53. The number of ether oxygens (including phenoxy) is 1. The van der Waals surface area contributed by atoms with Crippen molar-refractivity contribution in [2.75, 3.05) is 20.2 Å². The van der Waals surface area contributed by atoms with Crippen LogP contribution in [0.4, 0.5) is 0 Å². The third kappa shape index (κ3) is 3.75. The van der Waals surface area contributed by atoms with Crippen molar-refractivity contribution in [3.05, 3.63) is 64.6 Å². The number of para-hydroxylation sites is 1. The minimum Gasteiger partial charge on any atom is -0.467 e. The van der Waals surface area contributed by atoms with Gasteiger partial charge in [-0.3, -0.25) is 4.90 Å². The molecule has 0 aliphatic carbocycles. The molecule has 1 fully saturated rings. The van der Waals surface area contributed by atoms with E-state index in [1.54, 1.807) is 24.1 Å². The quantitative estimate of drug-likeness (QED) is 0.740. The van der Waals surface area contributed by atoms with Gasteiger partial charge in [-0.25, -0.2) is 24.4 Å². The lowest BCUT2D eigenvalue weighted by atomic mass is 9.96. The number of benzene rings is 1. The van der Waals surface area contributed by atoms with Gasteiger partial charge in [0.2, 0.25) is 0 Å². The second kappa shape index (κ2) is 7.71. The fourth-order valence-electron chi connectivity index (χ4n) is 3.61. The topological polar surface area (TPSA) is 88.9 Å². The van der Waals surface area contributed by atoms with Crippen LogP contribution in [0.15, 0.2) is 47.5 Å². The third-order valence-electron chi connectivity index (χ3n) is 4.85. The Labute approximate surface area is 156 Å². The first kappa shape index (κ1) is 17.4. The van der Waals surface area contributed by atoms with Crippen LogP contribution in [0.25, 0.3) is 5.69 Å². The van der Waals surface area contributed by atoms with E-state index in [2.05, 4.69) is 25.1 Å². The lowest BCUT2D eigenvalue weighted by Gasteiger charge is -2.32. The Morgan fingerprint density at radius 3 is 2.74 bits per heavy atom. The molecular formula is C19H22N6O2.